The molecule has 0 aromatic heterocycles. The Hall–Kier alpha value is -0.440. The van der Waals surface area contributed by atoms with Crippen LogP contribution in [0, 0.1) is 6.92 Å². The van der Waals surface area contributed by atoms with Crippen LogP contribution in [-0.4, -0.2) is 25.4 Å². The zero-order valence-corrected chi connectivity index (χ0v) is 20.6. The van der Waals surface area contributed by atoms with Crippen LogP contribution in [0.1, 0.15) is 102 Å². The molecular weight excluding hydrogens is 411 g/mol. The molecule has 3 aliphatic rings. The van der Waals surface area contributed by atoms with Gasteiger partial charge in [0.25, 0.3) is 0 Å². The van der Waals surface area contributed by atoms with Gasteiger partial charge in [-0.25, -0.2) is 0 Å². The van der Waals surface area contributed by atoms with Gasteiger partial charge in [0.1, 0.15) is 0 Å². The Bertz CT molecular complexity index is 726. The van der Waals surface area contributed by atoms with Crippen LogP contribution in [0.2, 0.25) is 0 Å². The molecule has 3 aliphatic carbocycles. The predicted molar refractivity (Wildman–Crippen MR) is 128 cm³/mol. The van der Waals surface area contributed by atoms with Crippen molar-refractivity contribution in [2.75, 3.05) is 0 Å². The molecule has 3 saturated carbocycles. The Balaban J connectivity index is 1.76. The quantitative estimate of drug-likeness (QED) is 0.423. The zero-order valence-electron chi connectivity index (χ0n) is 18.8. The van der Waals surface area contributed by atoms with Crippen LogP contribution in [0.4, 0.5) is 0 Å². The van der Waals surface area contributed by atoms with Gasteiger partial charge in [0, 0.05) is 0 Å². The summed E-state index contributed by atoms with van der Waals surface area (Å²) in [6, 6.07) is 7.32. The van der Waals surface area contributed by atoms with E-state index < -0.39 is 17.6 Å². The second-order valence-corrected chi connectivity index (χ2v) is 16.4. The SMILES string of the molecule is Cc1ccc(S(=O)(=O)O[PH](C2CCCCC2)(C2CCCCC2)C2CCCCC2)cc1. The van der Waals surface area contributed by atoms with Crippen molar-refractivity contribution >= 4 is 17.6 Å². The first kappa shape index (κ1) is 22.7. The Morgan fingerprint density at radius 3 is 1.40 bits per heavy atom. The summed E-state index contributed by atoms with van der Waals surface area (Å²) in [4.78, 5) is 0.368. The van der Waals surface area contributed by atoms with Crippen LogP contribution in [0.25, 0.3) is 0 Å². The molecule has 0 heterocycles. The summed E-state index contributed by atoms with van der Waals surface area (Å²) in [5, 5.41) is 0. The van der Waals surface area contributed by atoms with Gasteiger partial charge in [-0.2, -0.15) is 0 Å². The maximum absolute atomic E-state index is 13.7. The summed E-state index contributed by atoms with van der Waals surface area (Å²) in [7, 11) is -6.23. The number of rotatable bonds is 6. The maximum atomic E-state index is 13.7. The van der Waals surface area contributed by atoms with Crippen LogP contribution < -0.4 is 0 Å². The van der Waals surface area contributed by atoms with Crippen LogP contribution in [0.15, 0.2) is 29.2 Å². The fraction of sp³-hybridized carbons (Fsp3) is 0.760. The van der Waals surface area contributed by atoms with Gasteiger partial charge in [0.2, 0.25) is 0 Å². The van der Waals surface area contributed by atoms with E-state index in [0.29, 0.717) is 21.9 Å². The van der Waals surface area contributed by atoms with Gasteiger partial charge in [-0.1, -0.05) is 0 Å². The molecule has 0 atom stereocenters. The summed E-state index contributed by atoms with van der Waals surface area (Å²) in [6.45, 7) is 2.00. The fourth-order valence-corrected chi connectivity index (χ4v) is 16.7. The molecule has 0 aliphatic heterocycles. The summed E-state index contributed by atoms with van der Waals surface area (Å²) in [5.41, 5.74) is 2.66. The van der Waals surface area contributed by atoms with E-state index in [4.69, 9.17) is 3.97 Å². The topological polar surface area (TPSA) is 43.4 Å². The molecule has 1 aromatic rings. The molecule has 0 N–H and O–H groups in total. The molecule has 3 nitrogen and oxygen atoms in total. The van der Waals surface area contributed by atoms with E-state index in [-0.39, 0.29) is 0 Å². The van der Waals surface area contributed by atoms with Gasteiger partial charge < -0.3 is 0 Å². The van der Waals surface area contributed by atoms with E-state index in [0.717, 1.165) is 5.56 Å². The fourth-order valence-electron chi connectivity index (χ4n) is 6.81. The third-order valence-corrected chi connectivity index (χ3v) is 16.7. The number of benzene rings is 1. The van der Waals surface area contributed by atoms with Gasteiger partial charge in [-0.15, -0.1) is 0 Å². The zero-order chi connectivity index (χ0) is 21.0. The minimum atomic E-state index is -3.72. The van der Waals surface area contributed by atoms with Crippen molar-refractivity contribution in [1.29, 1.82) is 0 Å². The molecule has 3 fully saturated rings. The van der Waals surface area contributed by atoms with Crippen LogP contribution in [0.5, 0.6) is 0 Å². The van der Waals surface area contributed by atoms with Gasteiger partial charge in [0.15, 0.2) is 0 Å². The van der Waals surface area contributed by atoms with Crippen LogP contribution in [-0.2, 0) is 14.1 Å². The molecule has 1 aromatic carbocycles. The minimum absolute atomic E-state index is 0.368. The molecule has 0 bridgehead atoms. The number of hydrogen-bond acceptors (Lipinski definition) is 3. The van der Waals surface area contributed by atoms with Crippen molar-refractivity contribution in [2.45, 2.75) is 125 Å². The molecule has 0 unspecified atom stereocenters. The Morgan fingerprint density at radius 1 is 0.667 bits per heavy atom. The van der Waals surface area contributed by atoms with Crippen molar-refractivity contribution in [3.05, 3.63) is 29.8 Å². The van der Waals surface area contributed by atoms with Crippen molar-refractivity contribution in [2.24, 2.45) is 0 Å². The molecule has 4 rings (SSSR count). The molecule has 5 heteroatoms. The van der Waals surface area contributed by atoms with Gasteiger partial charge >= 0.3 is 185 Å². The van der Waals surface area contributed by atoms with Gasteiger partial charge in [-0.05, 0) is 0 Å². The summed E-state index contributed by atoms with van der Waals surface area (Å²) < 4.78 is 34.2. The van der Waals surface area contributed by atoms with Crippen molar-refractivity contribution in [3.63, 3.8) is 0 Å². The average molecular weight is 453 g/mol. The Morgan fingerprint density at radius 2 is 1.03 bits per heavy atom. The number of aryl methyl sites for hydroxylation is 1. The molecule has 0 spiro atoms. The van der Waals surface area contributed by atoms with Gasteiger partial charge in [0.05, 0.1) is 0 Å². The summed E-state index contributed by atoms with van der Waals surface area (Å²) >= 11 is 0. The van der Waals surface area contributed by atoms with E-state index in [1.54, 1.807) is 12.1 Å². The van der Waals surface area contributed by atoms with E-state index in [9.17, 15) is 8.42 Å². The van der Waals surface area contributed by atoms with Gasteiger partial charge in [-0.3, -0.25) is 0 Å². The van der Waals surface area contributed by atoms with Crippen LogP contribution >= 0.6 is 7.49 Å². The second-order valence-electron chi connectivity index (χ2n) is 10.2. The Kier molecular flexibility index (Phi) is 7.59. The third-order valence-electron chi connectivity index (χ3n) is 8.29. The first-order chi connectivity index (χ1) is 14.5. The summed E-state index contributed by atoms with van der Waals surface area (Å²) in [5.74, 6) is 0. The predicted octanol–water partition coefficient (Wildman–Crippen LogP) is 7.36. The Labute approximate surface area is 184 Å². The third kappa shape index (κ3) is 4.81. The monoisotopic (exact) mass is 452 g/mol. The molecule has 0 saturated heterocycles. The van der Waals surface area contributed by atoms with Crippen LogP contribution in [0.3, 0.4) is 0 Å². The number of hydrogen-bond donors (Lipinski definition) is 0. The van der Waals surface area contributed by atoms with E-state index >= 15 is 0 Å². The molecule has 0 radical (unpaired) electrons. The molecule has 170 valence electrons. The molecular formula is C25H41O3PS. The van der Waals surface area contributed by atoms with Crippen molar-refractivity contribution in [1.82, 2.24) is 0 Å². The standard InChI is InChI=1S/C25H41O3PS/c1-21-17-19-25(20-18-21)30(26,27)28-29(22-11-5-2-6-12-22,23-13-7-3-8-14-23)24-15-9-4-10-16-24/h17-20,22-24,29H,2-16H2,1H3. The molecule has 30 heavy (non-hydrogen) atoms. The normalized spacial score (nSPS) is 24.0. The first-order valence-corrected chi connectivity index (χ1v) is 16.1. The first-order valence-electron chi connectivity index (χ1n) is 12.5. The van der Waals surface area contributed by atoms with E-state index in [1.807, 2.05) is 19.1 Å². The van der Waals surface area contributed by atoms with Crippen molar-refractivity contribution < 1.29 is 12.4 Å². The van der Waals surface area contributed by atoms with E-state index in [1.165, 1.54) is 96.3 Å². The average Bonchev–Trinajstić information content (AvgIpc) is 2.79. The van der Waals surface area contributed by atoms with Crippen molar-refractivity contribution in [3.8, 4) is 0 Å². The van der Waals surface area contributed by atoms with E-state index in [2.05, 4.69) is 0 Å². The molecule has 0 amide bonds. The summed E-state index contributed by atoms with van der Waals surface area (Å²) in [6.07, 6.45) is 18.6. The second kappa shape index (κ2) is 10.0.